The number of carbonyl (C=O) groups excluding carboxylic acids is 1. The number of nitrogens with one attached hydrogen (secondary N) is 3. The summed E-state index contributed by atoms with van der Waals surface area (Å²) in [7, 11) is 1.72. The third-order valence-electron chi connectivity index (χ3n) is 2.54. The number of guanidine groups is 1. The van der Waals surface area contributed by atoms with Gasteiger partial charge < -0.3 is 20.7 Å². The van der Waals surface area contributed by atoms with Crippen molar-refractivity contribution in [1.82, 2.24) is 16.0 Å². The number of alkyl carbamates (subject to hydrolysis) is 1. The third kappa shape index (κ3) is 10.4. The molecule has 1 heterocycles. The highest BCUT2D eigenvalue weighted by Crippen LogP contribution is 2.14. The number of hydrogen-bond acceptors (Lipinski definition) is 4. The fraction of sp³-hybridized carbons (Fsp3) is 0.600. The van der Waals surface area contributed by atoms with Gasteiger partial charge in [-0.15, -0.1) is 35.3 Å². The van der Waals surface area contributed by atoms with Gasteiger partial charge in [-0.3, -0.25) is 4.99 Å². The van der Waals surface area contributed by atoms with Crippen LogP contribution in [0.15, 0.2) is 17.1 Å². The summed E-state index contributed by atoms with van der Waals surface area (Å²) in [5, 5.41) is 9.06. The number of thiophene rings is 1. The highest BCUT2D eigenvalue weighted by molar-refractivity contribution is 14.0. The van der Waals surface area contributed by atoms with E-state index in [-0.39, 0.29) is 24.0 Å². The number of hydrogen-bond donors (Lipinski definition) is 3. The third-order valence-corrected chi connectivity index (χ3v) is 3.54. The largest absolute Gasteiger partial charge is 0.444 e. The van der Waals surface area contributed by atoms with Crippen LogP contribution in [-0.2, 0) is 11.3 Å². The molecule has 0 unspecified atom stereocenters. The van der Waals surface area contributed by atoms with Crippen molar-refractivity contribution in [2.75, 3.05) is 20.1 Å². The molecule has 0 atom stereocenters. The lowest BCUT2D eigenvalue weighted by atomic mass is 10.2. The van der Waals surface area contributed by atoms with Crippen molar-refractivity contribution in [3.8, 4) is 0 Å². The number of ether oxygens (including phenoxy) is 1. The van der Waals surface area contributed by atoms with Crippen LogP contribution < -0.4 is 16.0 Å². The molecule has 0 aliphatic carbocycles. The van der Waals surface area contributed by atoms with E-state index in [4.69, 9.17) is 4.74 Å². The standard InChI is InChI=1S/C15H26N4O2S.HI/c1-11-6-7-12(22-11)10-19-13(16-5)17-8-9-18-14(20)21-15(2,3)4;/h6-7H,8-10H2,1-5H3,(H,18,20)(H2,16,17,19);1H. The second-order valence-electron chi connectivity index (χ2n) is 5.79. The Bertz CT molecular complexity index is 512. The number of carbonyl (C=O) groups is 1. The van der Waals surface area contributed by atoms with E-state index in [1.165, 1.54) is 9.75 Å². The summed E-state index contributed by atoms with van der Waals surface area (Å²) in [4.78, 5) is 18.2. The van der Waals surface area contributed by atoms with Crippen molar-refractivity contribution in [1.29, 1.82) is 0 Å². The van der Waals surface area contributed by atoms with Gasteiger partial charge in [-0.25, -0.2) is 4.79 Å². The monoisotopic (exact) mass is 454 g/mol. The molecule has 23 heavy (non-hydrogen) atoms. The Morgan fingerprint density at radius 1 is 1.22 bits per heavy atom. The molecule has 0 aromatic carbocycles. The number of rotatable bonds is 5. The van der Waals surface area contributed by atoms with Crippen LogP contribution >= 0.6 is 35.3 Å². The summed E-state index contributed by atoms with van der Waals surface area (Å²) in [6, 6.07) is 4.20. The van der Waals surface area contributed by atoms with E-state index in [1.54, 1.807) is 18.4 Å². The minimum Gasteiger partial charge on any atom is -0.444 e. The van der Waals surface area contributed by atoms with Crippen LogP contribution in [0.4, 0.5) is 4.79 Å². The van der Waals surface area contributed by atoms with Crippen LogP contribution in [0.1, 0.15) is 30.5 Å². The van der Waals surface area contributed by atoms with Gasteiger partial charge in [0.1, 0.15) is 5.60 Å². The summed E-state index contributed by atoms with van der Waals surface area (Å²) in [5.74, 6) is 0.706. The maximum absolute atomic E-state index is 11.5. The maximum atomic E-state index is 11.5. The molecule has 0 fully saturated rings. The lowest BCUT2D eigenvalue weighted by molar-refractivity contribution is 0.0529. The Kier molecular flexibility index (Phi) is 10.2. The zero-order valence-corrected chi connectivity index (χ0v) is 17.5. The molecule has 6 nitrogen and oxygen atoms in total. The fourth-order valence-corrected chi connectivity index (χ4v) is 2.46. The molecule has 0 aliphatic heterocycles. The van der Waals surface area contributed by atoms with E-state index < -0.39 is 11.7 Å². The van der Waals surface area contributed by atoms with Crippen LogP contribution in [0, 0.1) is 6.92 Å². The second-order valence-corrected chi connectivity index (χ2v) is 7.17. The van der Waals surface area contributed by atoms with Gasteiger partial charge in [0.05, 0.1) is 6.54 Å². The van der Waals surface area contributed by atoms with Crippen LogP contribution in [-0.4, -0.2) is 37.8 Å². The molecule has 1 aromatic heterocycles. The fourth-order valence-electron chi connectivity index (χ4n) is 1.63. The lowest BCUT2D eigenvalue weighted by Crippen LogP contribution is -2.42. The zero-order valence-electron chi connectivity index (χ0n) is 14.4. The maximum Gasteiger partial charge on any atom is 0.407 e. The Hall–Kier alpha value is -1.03. The predicted octanol–water partition coefficient (Wildman–Crippen LogP) is 2.86. The second kappa shape index (κ2) is 10.7. The van der Waals surface area contributed by atoms with Crippen molar-refractivity contribution >= 4 is 47.4 Å². The number of nitrogens with zero attached hydrogens (tertiary/aromatic N) is 1. The first kappa shape index (κ1) is 22.0. The Balaban J connectivity index is 0.00000484. The molecule has 3 N–H and O–H groups in total. The van der Waals surface area contributed by atoms with E-state index in [9.17, 15) is 4.79 Å². The van der Waals surface area contributed by atoms with E-state index in [2.05, 4.69) is 40.0 Å². The van der Waals surface area contributed by atoms with E-state index in [1.807, 2.05) is 20.8 Å². The minimum absolute atomic E-state index is 0. The summed E-state index contributed by atoms with van der Waals surface area (Å²) in [5.41, 5.74) is -0.478. The van der Waals surface area contributed by atoms with E-state index in [0.717, 1.165) is 6.54 Å². The normalized spacial score (nSPS) is 11.4. The van der Waals surface area contributed by atoms with Crippen molar-refractivity contribution in [2.24, 2.45) is 4.99 Å². The lowest BCUT2D eigenvalue weighted by Gasteiger charge is -2.19. The van der Waals surface area contributed by atoms with Crippen LogP contribution in [0.25, 0.3) is 0 Å². The number of amides is 1. The predicted molar refractivity (Wildman–Crippen MR) is 107 cm³/mol. The topological polar surface area (TPSA) is 74.8 Å². The van der Waals surface area contributed by atoms with E-state index in [0.29, 0.717) is 19.0 Å². The first-order valence-electron chi connectivity index (χ1n) is 7.27. The molecule has 1 rings (SSSR count). The molecular weight excluding hydrogens is 427 g/mol. The quantitative estimate of drug-likeness (QED) is 0.277. The summed E-state index contributed by atoms with van der Waals surface area (Å²) < 4.78 is 5.16. The summed E-state index contributed by atoms with van der Waals surface area (Å²) in [6.07, 6.45) is -0.411. The minimum atomic E-state index is -0.478. The molecule has 0 aliphatic rings. The first-order chi connectivity index (χ1) is 10.3. The van der Waals surface area contributed by atoms with Crippen molar-refractivity contribution in [3.05, 3.63) is 21.9 Å². The Labute approximate surface area is 159 Å². The van der Waals surface area contributed by atoms with Gasteiger partial charge in [-0.1, -0.05) is 0 Å². The molecule has 0 spiro atoms. The molecule has 1 amide bonds. The molecule has 8 heteroatoms. The summed E-state index contributed by atoms with van der Waals surface area (Å²) >= 11 is 1.76. The summed E-state index contributed by atoms with van der Waals surface area (Å²) in [6.45, 7) is 9.37. The van der Waals surface area contributed by atoms with Gasteiger partial charge in [0.15, 0.2) is 5.96 Å². The molecule has 0 saturated carbocycles. The molecule has 1 aromatic rings. The number of aryl methyl sites for hydroxylation is 1. The van der Waals surface area contributed by atoms with Crippen LogP contribution in [0.5, 0.6) is 0 Å². The van der Waals surface area contributed by atoms with Gasteiger partial charge in [-0.2, -0.15) is 0 Å². The van der Waals surface area contributed by atoms with Crippen LogP contribution in [0.2, 0.25) is 0 Å². The molecule has 0 saturated heterocycles. The highest BCUT2D eigenvalue weighted by atomic mass is 127. The number of halogens is 1. The van der Waals surface area contributed by atoms with Gasteiger partial charge >= 0.3 is 6.09 Å². The highest BCUT2D eigenvalue weighted by Gasteiger charge is 2.15. The SMILES string of the molecule is CN=C(NCCNC(=O)OC(C)(C)C)NCc1ccc(C)s1.I. The molecule has 132 valence electrons. The smallest absolute Gasteiger partial charge is 0.407 e. The average molecular weight is 454 g/mol. The van der Waals surface area contributed by atoms with Crippen LogP contribution in [0.3, 0.4) is 0 Å². The Morgan fingerprint density at radius 2 is 1.87 bits per heavy atom. The van der Waals surface area contributed by atoms with E-state index >= 15 is 0 Å². The Morgan fingerprint density at radius 3 is 2.39 bits per heavy atom. The van der Waals surface area contributed by atoms with Gasteiger partial charge in [-0.05, 0) is 39.8 Å². The zero-order chi connectivity index (χ0) is 16.6. The van der Waals surface area contributed by atoms with Gasteiger partial charge in [0, 0.05) is 29.9 Å². The van der Waals surface area contributed by atoms with Gasteiger partial charge in [0.2, 0.25) is 0 Å². The average Bonchev–Trinajstić information content (AvgIpc) is 2.81. The molecule has 0 radical (unpaired) electrons. The first-order valence-corrected chi connectivity index (χ1v) is 8.08. The molecular formula is C15H27IN4O2S. The van der Waals surface area contributed by atoms with Crippen molar-refractivity contribution < 1.29 is 9.53 Å². The van der Waals surface area contributed by atoms with Crippen molar-refractivity contribution in [3.63, 3.8) is 0 Å². The van der Waals surface area contributed by atoms with Gasteiger partial charge in [0.25, 0.3) is 0 Å². The molecule has 0 bridgehead atoms. The van der Waals surface area contributed by atoms with Crippen molar-refractivity contribution in [2.45, 2.75) is 39.8 Å². The number of aliphatic imine (C=N–C) groups is 1.